The Balaban J connectivity index is 4.12. The molecule has 10 heteroatoms. The molecule has 2 atom stereocenters. The Morgan fingerprint density at radius 2 is 0.598 bits per heavy atom. The highest BCUT2D eigenvalue weighted by Crippen LogP contribution is 2.43. The van der Waals surface area contributed by atoms with E-state index in [1.54, 1.807) is 0 Å². The number of phosphoric acid groups is 1. The fraction of sp³-hybridized carbons (Fsp3) is 0.506. The molecule has 0 rings (SSSR count). The van der Waals surface area contributed by atoms with Gasteiger partial charge in [-0.05, 0) is 154 Å². The zero-order valence-electron chi connectivity index (χ0n) is 54.1. The van der Waals surface area contributed by atoms with Gasteiger partial charge in [-0.2, -0.15) is 0 Å². The van der Waals surface area contributed by atoms with Crippen LogP contribution in [0.5, 0.6) is 0 Å². The van der Waals surface area contributed by atoms with Crippen molar-refractivity contribution in [1.29, 1.82) is 0 Å². The van der Waals surface area contributed by atoms with Gasteiger partial charge in [-0.25, -0.2) is 4.57 Å². The second kappa shape index (κ2) is 69.4. The van der Waals surface area contributed by atoms with Crippen molar-refractivity contribution in [2.45, 2.75) is 225 Å². The van der Waals surface area contributed by atoms with E-state index < -0.39 is 32.5 Å². The number of carbonyl (C=O) groups is 2. The smallest absolute Gasteiger partial charge is 0.462 e. The lowest BCUT2D eigenvalue weighted by molar-refractivity contribution is -0.161. The summed E-state index contributed by atoms with van der Waals surface area (Å²) in [6.45, 7) is 3.43. The Kier molecular flexibility index (Phi) is 64.9. The maximum absolute atomic E-state index is 12.7. The van der Waals surface area contributed by atoms with E-state index >= 15 is 0 Å². The van der Waals surface area contributed by atoms with Gasteiger partial charge in [-0.3, -0.25) is 18.6 Å². The van der Waals surface area contributed by atoms with Crippen LogP contribution in [0.15, 0.2) is 219 Å². The van der Waals surface area contributed by atoms with Crippen molar-refractivity contribution in [1.82, 2.24) is 0 Å². The molecule has 484 valence electrons. The summed E-state index contributed by atoms with van der Waals surface area (Å²) in [5, 5.41) is 0. The molecule has 9 nitrogen and oxygen atoms in total. The molecule has 0 aliphatic carbocycles. The van der Waals surface area contributed by atoms with E-state index in [4.69, 9.17) is 24.3 Å². The average Bonchev–Trinajstić information content (AvgIpc) is 3.64. The second-order valence-corrected chi connectivity index (χ2v) is 22.3. The normalized spacial score (nSPS) is 14.4. The van der Waals surface area contributed by atoms with Crippen LogP contribution in [0.1, 0.15) is 219 Å². The van der Waals surface area contributed by atoms with Crippen molar-refractivity contribution in [2.24, 2.45) is 5.73 Å². The standard InChI is InChI=1S/C77H118NO8P/c1-3-5-7-9-11-13-15-17-19-21-23-25-27-29-31-33-35-36-37-38-40-42-44-46-48-50-52-54-56-58-60-62-64-66-68-70-77(80)86-75(74-85-87(81,82)84-72-71-78)73-83-76(79)69-67-65-63-61-59-57-55-53-51-49-47-45-43-41-39-34-32-30-28-26-24-22-20-18-16-14-12-10-8-6-4-2/h5-8,11-14,17-20,23-26,29-32,35-36,38-41,44-47,50-53,56,58,75H,3-4,9-10,15-16,21-22,27-28,33-34,37,42-43,48-49,54-55,57,59-74,78H2,1-2H3,(H,81,82)/b7-5-,8-6-,13-11-,14-12-,19-17-,20-18-,25-23-,26-24-,31-29-,32-30-,36-35-,40-38-,41-39-,46-44-,47-45-,52-50-,53-51-,58-56-. The van der Waals surface area contributed by atoms with Crippen LogP contribution in [0.3, 0.4) is 0 Å². The van der Waals surface area contributed by atoms with Gasteiger partial charge < -0.3 is 20.1 Å². The quantitative estimate of drug-likeness (QED) is 0.0264. The summed E-state index contributed by atoms with van der Waals surface area (Å²) >= 11 is 0. The molecule has 87 heavy (non-hydrogen) atoms. The third-order valence-electron chi connectivity index (χ3n) is 12.9. The number of unbranched alkanes of at least 4 members (excludes halogenated alkanes) is 10. The van der Waals surface area contributed by atoms with Crippen molar-refractivity contribution >= 4 is 19.8 Å². The minimum absolute atomic E-state index is 0.0336. The molecule has 0 bridgehead atoms. The summed E-state index contributed by atoms with van der Waals surface area (Å²) in [6.07, 6.45) is 109. The van der Waals surface area contributed by atoms with Crippen LogP contribution in [-0.4, -0.2) is 49.3 Å². The molecule has 0 saturated heterocycles. The molecule has 0 aromatic rings. The van der Waals surface area contributed by atoms with Gasteiger partial charge in [-0.15, -0.1) is 0 Å². The lowest BCUT2D eigenvalue weighted by Crippen LogP contribution is -2.29. The number of esters is 2. The molecule has 0 fully saturated rings. The van der Waals surface area contributed by atoms with Crippen LogP contribution >= 0.6 is 7.82 Å². The highest BCUT2D eigenvalue weighted by Gasteiger charge is 2.26. The minimum Gasteiger partial charge on any atom is -0.462 e. The predicted octanol–water partition coefficient (Wildman–Crippen LogP) is 22.1. The van der Waals surface area contributed by atoms with Crippen LogP contribution in [0.4, 0.5) is 0 Å². The van der Waals surface area contributed by atoms with Crippen LogP contribution in [0.25, 0.3) is 0 Å². The highest BCUT2D eigenvalue weighted by molar-refractivity contribution is 7.47. The van der Waals surface area contributed by atoms with Gasteiger partial charge in [-0.1, -0.05) is 271 Å². The van der Waals surface area contributed by atoms with Crippen molar-refractivity contribution in [3.8, 4) is 0 Å². The molecule has 0 radical (unpaired) electrons. The molecule has 0 aromatic carbocycles. The largest absolute Gasteiger partial charge is 0.472 e. The molecular weight excluding hydrogens is 1100 g/mol. The van der Waals surface area contributed by atoms with Gasteiger partial charge in [0.05, 0.1) is 13.2 Å². The summed E-state index contributed by atoms with van der Waals surface area (Å²) in [5.74, 6) is -0.894. The molecule has 0 spiro atoms. The summed E-state index contributed by atoms with van der Waals surface area (Å²) in [5.41, 5.74) is 5.39. The van der Waals surface area contributed by atoms with Gasteiger partial charge in [0.25, 0.3) is 0 Å². The van der Waals surface area contributed by atoms with Gasteiger partial charge in [0.2, 0.25) is 0 Å². The first-order chi connectivity index (χ1) is 42.8. The van der Waals surface area contributed by atoms with Gasteiger partial charge >= 0.3 is 19.8 Å². The van der Waals surface area contributed by atoms with E-state index in [0.717, 1.165) is 180 Å². The van der Waals surface area contributed by atoms with Gasteiger partial charge in [0.1, 0.15) is 6.61 Å². The molecule has 0 saturated carbocycles. The average molecular weight is 1220 g/mol. The third-order valence-corrected chi connectivity index (χ3v) is 13.8. The Labute approximate surface area is 531 Å². The van der Waals surface area contributed by atoms with Gasteiger partial charge in [0.15, 0.2) is 6.10 Å². The molecule has 0 aliphatic heterocycles. The number of ether oxygens (including phenoxy) is 2. The lowest BCUT2D eigenvalue weighted by atomic mass is 10.1. The lowest BCUT2D eigenvalue weighted by Gasteiger charge is -2.19. The van der Waals surface area contributed by atoms with E-state index in [9.17, 15) is 19.0 Å². The van der Waals surface area contributed by atoms with E-state index in [1.165, 1.54) is 0 Å². The van der Waals surface area contributed by atoms with E-state index in [2.05, 4.69) is 233 Å². The predicted molar refractivity (Wildman–Crippen MR) is 375 cm³/mol. The number of hydrogen-bond donors (Lipinski definition) is 2. The fourth-order valence-corrected chi connectivity index (χ4v) is 8.80. The third kappa shape index (κ3) is 69.3. The number of rotatable bonds is 59. The molecule has 0 aliphatic rings. The Bertz CT molecular complexity index is 2220. The van der Waals surface area contributed by atoms with Crippen molar-refractivity contribution in [2.75, 3.05) is 26.4 Å². The second-order valence-electron chi connectivity index (χ2n) is 20.9. The van der Waals surface area contributed by atoms with E-state index in [1.807, 2.05) is 0 Å². The van der Waals surface area contributed by atoms with Crippen LogP contribution in [-0.2, 0) is 32.7 Å². The van der Waals surface area contributed by atoms with Crippen LogP contribution in [0, 0.1) is 0 Å². The van der Waals surface area contributed by atoms with E-state index in [-0.39, 0.29) is 32.6 Å². The molecular formula is C77H118NO8P. The van der Waals surface area contributed by atoms with Crippen LogP contribution < -0.4 is 5.73 Å². The number of allylic oxidation sites excluding steroid dienone is 36. The molecule has 0 aromatic heterocycles. The monoisotopic (exact) mass is 1220 g/mol. The first-order valence-corrected chi connectivity index (χ1v) is 34.7. The van der Waals surface area contributed by atoms with Crippen molar-refractivity contribution in [3.63, 3.8) is 0 Å². The van der Waals surface area contributed by atoms with Crippen molar-refractivity contribution in [3.05, 3.63) is 219 Å². The molecule has 3 N–H and O–H groups in total. The zero-order chi connectivity index (χ0) is 63.0. The topological polar surface area (TPSA) is 134 Å². The van der Waals surface area contributed by atoms with E-state index in [0.29, 0.717) is 12.8 Å². The Hall–Kier alpha value is -5.67. The highest BCUT2D eigenvalue weighted by atomic mass is 31.2. The fourth-order valence-electron chi connectivity index (χ4n) is 8.03. The summed E-state index contributed by atoms with van der Waals surface area (Å²) in [7, 11) is -4.42. The Morgan fingerprint density at radius 3 is 0.885 bits per heavy atom. The SMILES string of the molecule is CC/C=C\C/C=C\C/C=C\C/C=C\C/C=C\C/C=C\C/C=C\C/C=C\C/C=C\C/C=C\CCCCCCC(=O)OC(COC(=O)CCCCCCCC/C=C\C/C=C\C/C=C\C/C=C\C/C=C\C/C=C\C/C=C\C/C=C\CC)COP(=O)(O)OCCN. The summed E-state index contributed by atoms with van der Waals surface area (Å²) in [4.78, 5) is 35.3. The number of nitrogens with two attached hydrogens (primary N) is 1. The number of carbonyl (C=O) groups excluding carboxylic acids is 2. The Morgan fingerprint density at radius 1 is 0.345 bits per heavy atom. The number of phosphoric ester groups is 1. The summed E-state index contributed by atoms with van der Waals surface area (Å²) in [6, 6.07) is 0. The number of hydrogen-bond acceptors (Lipinski definition) is 8. The van der Waals surface area contributed by atoms with Gasteiger partial charge in [0, 0.05) is 19.4 Å². The maximum atomic E-state index is 12.7. The molecule has 2 unspecified atom stereocenters. The van der Waals surface area contributed by atoms with Crippen molar-refractivity contribution < 1.29 is 37.6 Å². The van der Waals surface area contributed by atoms with Crippen LogP contribution in [0.2, 0.25) is 0 Å². The molecule has 0 heterocycles. The zero-order valence-corrected chi connectivity index (χ0v) is 55.0. The summed E-state index contributed by atoms with van der Waals surface area (Å²) < 4.78 is 33.1. The first-order valence-electron chi connectivity index (χ1n) is 33.2. The maximum Gasteiger partial charge on any atom is 0.472 e. The molecule has 0 amide bonds. The minimum atomic E-state index is -4.42. The first kappa shape index (κ1) is 81.3.